The van der Waals surface area contributed by atoms with Crippen LogP contribution in [0.25, 0.3) is 0 Å². The van der Waals surface area contributed by atoms with E-state index >= 15 is 0 Å². The summed E-state index contributed by atoms with van der Waals surface area (Å²) in [6.07, 6.45) is 0.197. The van der Waals surface area contributed by atoms with Gasteiger partial charge in [-0.05, 0) is 29.8 Å². The van der Waals surface area contributed by atoms with Crippen LogP contribution in [0.4, 0.5) is 5.69 Å². The molecule has 0 bridgehead atoms. The van der Waals surface area contributed by atoms with Gasteiger partial charge in [0, 0.05) is 16.2 Å². The van der Waals surface area contributed by atoms with Crippen molar-refractivity contribution in [3.63, 3.8) is 0 Å². The maximum absolute atomic E-state index is 11.6. The summed E-state index contributed by atoms with van der Waals surface area (Å²) >= 11 is 3.37. The van der Waals surface area contributed by atoms with Crippen LogP contribution < -0.4 is 10.5 Å². The van der Waals surface area contributed by atoms with E-state index in [1.807, 2.05) is 24.3 Å². The number of carbonyl (C=O) groups excluding carboxylic acids is 1. The highest BCUT2D eigenvalue weighted by atomic mass is 79.9. The molecule has 0 saturated heterocycles. The van der Waals surface area contributed by atoms with Crippen LogP contribution in [-0.4, -0.2) is 12.6 Å². The average molecular weight is 350 g/mol. The molecule has 0 aliphatic carbocycles. The third-order valence-corrected chi connectivity index (χ3v) is 3.22. The zero-order chi connectivity index (χ0) is 15.1. The lowest BCUT2D eigenvalue weighted by Gasteiger charge is -2.07. The molecule has 0 aliphatic heterocycles. The van der Waals surface area contributed by atoms with Crippen molar-refractivity contribution >= 4 is 27.6 Å². The van der Waals surface area contributed by atoms with Gasteiger partial charge in [-0.3, -0.25) is 4.79 Å². The van der Waals surface area contributed by atoms with Gasteiger partial charge in [0.2, 0.25) is 0 Å². The Morgan fingerprint density at radius 3 is 2.71 bits per heavy atom. The molecule has 0 radical (unpaired) electrons. The Morgan fingerprint density at radius 2 is 1.95 bits per heavy atom. The summed E-state index contributed by atoms with van der Waals surface area (Å²) in [4.78, 5) is 11.6. The Bertz CT molecular complexity index is 616. The van der Waals surface area contributed by atoms with E-state index in [0.717, 1.165) is 10.0 Å². The van der Waals surface area contributed by atoms with Crippen LogP contribution in [0.15, 0.2) is 53.0 Å². The van der Waals surface area contributed by atoms with E-state index in [4.69, 9.17) is 15.2 Å². The topological polar surface area (TPSA) is 61.5 Å². The second kappa shape index (κ2) is 7.69. The van der Waals surface area contributed by atoms with Crippen LogP contribution in [-0.2, 0) is 16.1 Å². The summed E-state index contributed by atoms with van der Waals surface area (Å²) in [5.41, 5.74) is 7.21. The van der Waals surface area contributed by atoms with Gasteiger partial charge >= 0.3 is 5.97 Å². The zero-order valence-electron chi connectivity index (χ0n) is 11.4. The maximum atomic E-state index is 11.6. The van der Waals surface area contributed by atoms with Crippen molar-refractivity contribution in [3.05, 3.63) is 58.6 Å². The molecule has 0 saturated carbocycles. The fourth-order valence-electron chi connectivity index (χ4n) is 1.72. The smallest absolute Gasteiger partial charge is 0.309 e. The third-order valence-electron chi connectivity index (χ3n) is 2.72. The van der Waals surface area contributed by atoms with Crippen molar-refractivity contribution in [2.75, 3.05) is 12.3 Å². The molecule has 0 unspecified atom stereocenters. The number of nitrogens with two attached hydrogens (primary N) is 1. The number of hydrogen-bond acceptors (Lipinski definition) is 4. The SMILES string of the molecule is Nc1cccc(OCCC(=O)OCc2cccc(Br)c2)c1. The molecule has 21 heavy (non-hydrogen) atoms. The number of ether oxygens (including phenoxy) is 2. The van der Waals surface area contributed by atoms with Crippen molar-refractivity contribution in [3.8, 4) is 5.75 Å². The van der Waals surface area contributed by atoms with Crippen molar-refractivity contribution in [1.29, 1.82) is 0 Å². The van der Waals surface area contributed by atoms with Gasteiger partial charge in [-0.1, -0.05) is 34.1 Å². The van der Waals surface area contributed by atoms with E-state index in [-0.39, 0.29) is 25.6 Å². The number of hydrogen-bond donors (Lipinski definition) is 1. The minimum atomic E-state index is -0.293. The minimum Gasteiger partial charge on any atom is -0.493 e. The predicted molar refractivity (Wildman–Crippen MR) is 84.9 cm³/mol. The Kier molecular flexibility index (Phi) is 5.63. The van der Waals surface area contributed by atoms with E-state index in [2.05, 4.69) is 15.9 Å². The highest BCUT2D eigenvalue weighted by molar-refractivity contribution is 9.10. The molecule has 2 N–H and O–H groups in total. The molecule has 110 valence electrons. The standard InChI is InChI=1S/C16H16BrNO3/c17-13-4-1-3-12(9-13)11-21-16(19)7-8-20-15-6-2-5-14(18)10-15/h1-6,9-10H,7-8,11,18H2. The summed E-state index contributed by atoms with van der Waals surface area (Å²) < 4.78 is 11.6. The van der Waals surface area contributed by atoms with Crippen LogP contribution in [0.3, 0.4) is 0 Å². The van der Waals surface area contributed by atoms with Crippen molar-refractivity contribution < 1.29 is 14.3 Å². The molecule has 5 heteroatoms. The maximum Gasteiger partial charge on any atom is 0.309 e. The van der Waals surface area contributed by atoms with Crippen LogP contribution in [0.1, 0.15) is 12.0 Å². The van der Waals surface area contributed by atoms with Gasteiger partial charge in [-0.15, -0.1) is 0 Å². The average Bonchev–Trinajstić information content (AvgIpc) is 2.45. The molecule has 0 spiro atoms. The summed E-state index contributed by atoms with van der Waals surface area (Å²) in [5, 5.41) is 0. The number of rotatable bonds is 6. The number of anilines is 1. The molecule has 0 heterocycles. The Hall–Kier alpha value is -2.01. The highest BCUT2D eigenvalue weighted by Gasteiger charge is 2.04. The molecule has 0 aromatic heterocycles. The first kappa shape index (κ1) is 15.4. The Balaban J connectivity index is 1.70. The van der Waals surface area contributed by atoms with Crippen molar-refractivity contribution in [2.45, 2.75) is 13.0 Å². The van der Waals surface area contributed by atoms with Gasteiger partial charge in [-0.2, -0.15) is 0 Å². The van der Waals surface area contributed by atoms with E-state index in [1.165, 1.54) is 0 Å². The third kappa shape index (κ3) is 5.47. The summed E-state index contributed by atoms with van der Waals surface area (Å²) in [6, 6.07) is 14.7. The number of carbonyl (C=O) groups is 1. The fraction of sp³-hybridized carbons (Fsp3) is 0.188. The molecule has 2 aromatic rings. The number of benzene rings is 2. The second-order valence-corrected chi connectivity index (χ2v) is 5.38. The first-order valence-electron chi connectivity index (χ1n) is 6.52. The number of esters is 1. The summed E-state index contributed by atoms with van der Waals surface area (Å²) in [6.45, 7) is 0.525. The highest BCUT2D eigenvalue weighted by Crippen LogP contribution is 2.15. The lowest BCUT2D eigenvalue weighted by molar-refractivity contribution is -0.145. The quantitative estimate of drug-likeness (QED) is 0.639. The van der Waals surface area contributed by atoms with Gasteiger partial charge in [0.1, 0.15) is 12.4 Å². The lowest BCUT2D eigenvalue weighted by atomic mass is 10.2. The molecule has 0 amide bonds. The Labute approximate surface area is 132 Å². The molecular formula is C16H16BrNO3. The van der Waals surface area contributed by atoms with E-state index in [1.54, 1.807) is 24.3 Å². The van der Waals surface area contributed by atoms with Gasteiger partial charge in [0.25, 0.3) is 0 Å². The van der Waals surface area contributed by atoms with Crippen molar-refractivity contribution in [2.24, 2.45) is 0 Å². The first-order chi connectivity index (χ1) is 10.1. The van der Waals surface area contributed by atoms with Crippen LogP contribution >= 0.6 is 15.9 Å². The summed E-state index contributed by atoms with van der Waals surface area (Å²) in [5.74, 6) is 0.355. The Morgan fingerprint density at radius 1 is 1.14 bits per heavy atom. The van der Waals surface area contributed by atoms with E-state index in [9.17, 15) is 4.79 Å². The number of halogens is 1. The predicted octanol–water partition coefficient (Wildman–Crippen LogP) is 3.54. The molecule has 0 fully saturated rings. The lowest BCUT2D eigenvalue weighted by Crippen LogP contribution is -2.10. The largest absolute Gasteiger partial charge is 0.493 e. The molecular weight excluding hydrogens is 334 g/mol. The first-order valence-corrected chi connectivity index (χ1v) is 7.31. The van der Waals surface area contributed by atoms with Gasteiger partial charge < -0.3 is 15.2 Å². The molecule has 2 rings (SSSR count). The number of nitrogen functional groups attached to an aromatic ring is 1. The zero-order valence-corrected chi connectivity index (χ0v) is 13.0. The van der Waals surface area contributed by atoms with Crippen molar-refractivity contribution in [1.82, 2.24) is 0 Å². The van der Waals surface area contributed by atoms with Crippen LogP contribution in [0, 0.1) is 0 Å². The van der Waals surface area contributed by atoms with E-state index in [0.29, 0.717) is 11.4 Å². The monoisotopic (exact) mass is 349 g/mol. The normalized spacial score (nSPS) is 10.1. The van der Waals surface area contributed by atoms with Gasteiger partial charge in [0.05, 0.1) is 13.0 Å². The fourth-order valence-corrected chi connectivity index (χ4v) is 2.17. The second-order valence-electron chi connectivity index (χ2n) is 4.46. The van der Waals surface area contributed by atoms with E-state index < -0.39 is 0 Å². The van der Waals surface area contributed by atoms with Crippen LogP contribution in [0.2, 0.25) is 0 Å². The molecule has 0 aliphatic rings. The van der Waals surface area contributed by atoms with Gasteiger partial charge in [-0.25, -0.2) is 0 Å². The summed E-state index contributed by atoms with van der Waals surface area (Å²) in [7, 11) is 0. The van der Waals surface area contributed by atoms with Crippen LogP contribution in [0.5, 0.6) is 5.75 Å². The molecule has 2 aromatic carbocycles. The molecule has 0 atom stereocenters. The molecule has 4 nitrogen and oxygen atoms in total. The van der Waals surface area contributed by atoms with Gasteiger partial charge in [0.15, 0.2) is 0 Å². The minimum absolute atomic E-state index is 0.197.